The van der Waals surface area contributed by atoms with Crippen LogP contribution in [0.4, 0.5) is 0 Å². The van der Waals surface area contributed by atoms with Crippen LogP contribution in [0.3, 0.4) is 0 Å². The van der Waals surface area contributed by atoms with Crippen LogP contribution in [0.1, 0.15) is 22.1 Å². The molecule has 114 valence electrons. The molecule has 0 aliphatic rings. The fourth-order valence-electron chi connectivity index (χ4n) is 1.78. The number of halogens is 3. The van der Waals surface area contributed by atoms with E-state index < -0.39 is 17.9 Å². The van der Waals surface area contributed by atoms with Gasteiger partial charge in [-0.3, -0.25) is 9.59 Å². The summed E-state index contributed by atoms with van der Waals surface area (Å²) in [6, 6.07) is 8.77. The zero-order valence-corrected chi connectivity index (χ0v) is 14.1. The summed E-state index contributed by atoms with van der Waals surface area (Å²) in [6.45, 7) is 0. The molecule has 0 fully saturated rings. The molecule has 2 amide bonds. The van der Waals surface area contributed by atoms with Crippen LogP contribution in [0.15, 0.2) is 40.9 Å². The average molecular weight is 403 g/mol. The molecule has 2 aromatic rings. The number of pyridine rings is 1. The summed E-state index contributed by atoms with van der Waals surface area (Å²) in [6.07, 6.45) is 0. The number of hydrogen-bond acceptors (Lipinski definition) is 3. The Morgan fingerprint density at radius 1 is 1.23 bits per heavy atom. The van der Waals surface area contributed by atoms with Crippen LogP contribution in [0, 0.1) is 0 Å². The van der Waals surface area contributed by atoms with Gasteiger partial charge in [-0.15, -0.1) is 0 Å². The monoisotopic (exact) mass is 401 g/mol. The van der Waals surface area contributed by atoms with Gasteiger partial charge in [-0.05, 0) is 29.8 Å². The minimum atomic E-state index is -1.01. The fourth-order valence-corrected chi connectivity index (χ4v) is 2.54. The number of hydrogen-bond donors (Lipinski definition) is 2. The van der Waals surface area contributed by atoms with Crippen LogP contribution in [0.5, 0.6) is 0 Å². The van der Waals surface area contributed by atoms with Crippen LogP contribution < -0.4 is 11.1 Å². The topological polar surface area (TPSA) is 85.1 Å². The van der Waals surface area contributed by atoms with E-state index in [4.69, 9.17) is 28.9 Å². The van der Waals surface area contributed by atoms with Crippen LogP contribution in [-0.4, -0.2) is 16.8 Å². The second kappa shape index (κ2) is 7.09. The normalized spacial score (nSPS) is 11.8. The van der Waals surface area contributed by atoms with Crippen molar-refractivity contribution in [3.05, 3.63) is 62.3 Å². The van der Waals surface area contributed by atoms with Gasteiger partial charge in [-0.1, -0.05) is 51.3 Å². The lowest BCUT2D eigenvalue weighted by Gasteiger charge is -2.16. The molecule has 0 saturated heterocycles. The van der Waals surface area contributed by atoms with Crippen molar-refractivity contribution < 1.29 is 9.59 Å². The number of rotatable bonds is 4. The van der Waals surface area contributed by atoms with Crippen LogP contribution in [0.2, 0.25) is 10.2 Å². The largest absolute Gasteiger partial charge is 0.368 e. The maximum absolute atomic E-state index is 12.3. The maximum atomic E-state index is 12.3. The Labute approximate surface area is 144 Å². The third kappa shape index (κ3) is 3.97. The quantitative estimate of drug-likeness (QED) is 0.770. The first-order chi connectivity index (χ1) is 10.4. The highest BCUT2D eigenvalue weighted by molar-refractivity contribution is 9.10. The molecule has 5 nitrogen and oxygen atoms in total. The van der Waals surface area contributed by atoms with Gasteiger partial charge in [0, 0.05) is 4.47 Å². The molecule has 0 saturated carbocycles. The molecule has 22 heavy (non-hydrogen) atoms. The second-order valence-electron chi connectivity index (χ2n) is 4.33. The van der Waals surface area contributed by atoms with Crippen molar-refractivity contribution in [2.24, 2.45) is 5.73 Å². The predicted octanol–water partition coefficient (Wildman–Crippen LogP) is 3.11. The van der Waals surface area contributed by atoms with Crippen molar-refractivity contribution >= 4 is 50.9 Å². The summed E-state index contributed by atoms with van der Waals surface area (Å²) in [5, 5.41) is 2.75. The number of primary amides is 1. The molecule has 1 atom stereocenters. The summed E-state index contributed by atoms with van der Waals surface area (Å²) >= 11 is 15.0. The molecule has 8 heteroatoms. The minimum absolute atomic E-state index is 0.0737. The van der Waals surface area contributed by atoms with Crippen molar-refractivity contribution in [2.75, 3.05) is 0 Å². The predicted molar refractivity (Wildman–Crippen MR) is 87.8 cm³/mol. The summed E-state index contributed by atoms with van der Waals surface area (Å²) < 4.78 is 0.754. The Morgan fingerprint density at radius 3 is 2.59 bits per heavy atom. The number of aromatic nitrogens is 1. The van der Waals surface area contributed by atoms with Gasteiger partial charge < -0.3 is 11.1 Å². The first-order valence-electron chi connectivity index (χ1n) is 6.06. The average Bonchev–Trinajstić information content (AvgIpc) is 2.46. The summed E-state index contributed by atoms with van der Waals surface area (Å²) in [5.41, 5.74) is 5.83. The van der Waals surface area contributed by atoms with Crippen molar-refractivity contribution in [2.45, 2.75) is 6.04 Å². The summed E-state index contributed by atoms with van der Waals surface area (Å²) in [7, 11) is 0. The highest BCUT2D eigenvalue weighted by atomic mass is 79.9. The van der Waals surface area contributed by atoms with Crippen LogP contribution >= 0.6 is 39.1 Å². The molecular formula is C14H10BrCl2N3O2. The van der Waals surface area contributed by atoms with E-state index in [1.807, 2.05) is 0 Å². The zero-order valence-electron chi connectivity index (χ0n) is 11.0. The van der Waals surface area contributed by atoms with E-state index >= 15 is 0 Å². The molecule has 1 aromatic heterocycles. The van der Waals surface area contributed by atoms with E-state index in [1.165, 1.54) is 12.1 Å². The summed E-state index contributed by atoms with van der Waals surface area (Å²) in [4.78, 5) is 27.8. The van der Waals surface area contributed by atoms with Crippen molar-refractivity contribution in [3.8, 4) is 0 Å². The Balaban J connectivity index is 2.30. The number of carbonyl (C=O) groups is 2. The highest BCUT2D eigenvalue weighted by Gasteiger charge is 2.23. The molecule has 2 rings (SSSR count). The third-order valence-electron chi connectivity index (χ3n) is 2.77. The molecule has 0 radical (unpaired) electrons. The Morgan fingerprint density at radius 2 is 1.95 bits per heavy atom. The van der Waals surface area contributed by atoms with E-state index in [0.29, 0.717) is 5.56 Å². The van der Waals surface area contributed by atoms with E-state index in [2.05, 4.69) is 26.2 Å². The number of benzene rings is 1. The molecule has 0 spiro atoms. The first kappa shape index (κ1) is 16.7. The smallest absolute Gasteiger partial charge is 0.272 e. The SMILES string of the molecule is NC(=O)[C@@H](NC(=O)c1nc(Cl)ccc1Cl)c1cccc(Br)c1. The number of nitrogens with one attached hydrogen (secondary N) is 1. The van der Waals surface area contributed by atoms with Gasteiger partial charge in [0.2, 0.25) is 5.91 Å². The van der Waals surface area contributed by atoms with Crippen molar-refractivity contribution in [3.63, 3.8) is 0 Å². The van der Waals surface area contributed by atoms with Crippen LogP contribution in [-0.2, 0) is 4.79 Å². The first-order valence-corrected chi connectivity index (χ1v) is 7.61. The Kier molecular flexibility index (Phi) is 5.39. The zero-order chi connectivity index (χ0) is 16.3. The lowest BCUT2D eigenvalue weighted by atomic mass is 10.1. The van der Waals surface area contributed by atoms with Crippen molar-refractivity contribution in [1.82, 2.24) is 10.3 Å². The van der Waals surface area contributed by atoms with E-state index in [9.17, 15) is 9.59 Å². The molecular weight excluding hydrogens is 393 g/mol. The number of carbonyl (C=O) groups excluding carboxylic acids is 2. The number of nitrogens with zero attached hydrogens (tertiary/aromatic N) is 1. The van der Waals surface area contributed by atoms with Gasteiger partial charge in [0.1, 0.15) is 16.9 Å². The molecule has 0 unspecified atom stereocenters. The standard InChI is InChI=1S/C14H10BrCl2N3O2/c15-8-3-1-2-7(6-8)11(13(18)21)20-14(22)12-9(16)4-5-10(17)19-12/h1-6,11H,(H2,18,21)(H,20,22)/t11-/m0/s1. The number of nitrogens with two attached hydrogens (primary N) is 1. The summed E-state index contributed by atoms with van der Waals surface area (Å²) in [5.74, 6) is -1.35. The van der Waals surface area contributed by atoms with Gasteiger partial charge in [0.25, 0.3) is 5.91 Å². The maximum Gasteiger partial charge on any atom is 0.272 e. The van der Waals surface area contributed by atoms with Gasteiger partial charge in [-0.25, -0.2) is 4.98 Å². The molecule has 0 aliphatic carbocycles. The minimum Gasteiger partial charge on any atom is -0.368 e. The van der Waals surface area contributed by atoms with Gasteiger partial charge in [-0.2, -0.15) is 0 Å². The van der Waals surface area contributed by atoms with Gasteiger partial charge in [0.05, 0.1) is 5.02 Å². The van der Waals surface area contributed by atoms with Gasteiger partial charge in [0.15, 0.2) is 0 Å². The Hall–Kier alpha value is -1.63. The fraction of sp³-hybridized carbons (Fsp3) is 0.0714. The molecule has 1 aromatic carbocycles. The van der Waals surface area contributed by atoms with Gasteiger partial charge >= 0.3 is 0 Å². The highest BCUT2D eigenvalue weighted by Crippen LogP contribution is 2.21. The van der Waals surface area contributed by atoms with E-state index in [-0.39, 0.29) is 15.9 Å². The second-order valence-corrected chi connectivity index (χ2v) is 6.04. The van der Waals surface area contributed by atoms with Crippen molar-refractivity contribution in [1.29, 1.82) is 0 Å². The van der Waals surface area contributed by atoms with Crippen LogP contribution in [0.25, 0.3) is 0 Å². The molecule has 3 N–H and O–H groups in total. The van der Waals surface area contributed by atoms with E-state index in [0.717, 1.165) is 4.47 Å². The third-order valence-corrected chi connectivity index (χ3v) is 3.78. The molecule has 0 aliphatic heterocycles. The lowest BCUT2D eigenvalue weighted by molar-refractivity contribution is -0.120. The lowest BCUT2D eigenvalue weighted by Crippen LogP contribution is -2.38. The van der Waals surface area contributed by atoms with E-state index in [1.54, 1.807) is 24.3 Å². The number of amides is 2. The molecule has 0 bridgehead atoms. The Bertz CT molecular complexity index is 740. The molecule has 1 heterocycles.